The van der Waals surface area contributed by atoms with Gasteiger partial charge < -0.3 is 10.1 Å². The smallest absolute Gasteiger partial charge is 0.304 e. The predicted molar refractivity (Wildman–Crippen MR) is 69.2 cm³/mol. The van der Waals surface area contributed by atoms with E-state index >= 15 is 0 Å². The standard InChI is InChI=1S/C11H19N3O4S/c1-4-9-12-7-10(13-9)19(17,18)14(8(2)3)6-5-11(15)16/h7-8H,4-6H2,1-3H3,(H,12,13)(H,15,16). The van der Waals surface area contributed by atoms with Gasteiger partial charge in [0.25, 0.3) is 10.0 Å². The van der Waals surface area contributed by atoms with Crippen LogP contribution in [0.1, 0.15) is 33.0 Å². The molecule has 0 radical (unpaired) electrons. The second-order valence-corrected chi connectivity index (χ2v) is 6.26. The van der Waals surface area contributed by atoms with E-state index in [1.54, 1.807) is 13.8 Å². The molecule has 0 unspecified atom stereocenters. The highest BCUT2D eigenvalue weighted by Gasteiger charge is 2.29. The normalized spacial score (nSPS) is 12.3. The number of aromatic nitrogens is 2. The summed E-state index contributed by atoms with van der Waals surface area (Å²) < 4.78 is 25.9. The molecule has 8 heteroatoms. The van der Waals surface area contributed by atoms with Crippen LogP contribution >= 0.6 is 0 Å². The van der Waals surface area contributed by atoms with Gasteiger partial charge in [0.2, 0.25) is 0 Å². The third kappa shape index (κ3) is 3.77. The number of hydrogen-bond acceptors (Lipinski definition) is 4. The third-order valence-corrected chi connectivity index (χ3v) is 4.63. The van der Waals surface area contributed by atoms with Crippen LogP contribution in [0.3, 0.4) is 0 Å². The Labute approximate surface area is 112 Å². The van der Waals surface area contributed by atoms with Crippen LogP contribution in [0.2, 0.25) is 0 Å². The molecule has 2 N–H and O–H groups in total. The van der Waals surface area contributed by atoms with E-state index in [1.807, 2.05) is 6.92 Å². The molecule has 1 heterocycles. The van der Waals surface area contributed by atoms with Crippen molar-refractivity contribution in [1.82, 2.24) is 14.3 Å². The summed E-state index contributed by atoms with van der Waals surface area (Å²) in [5.74, 6) is -0.444. The van der Waals surface area contributed by atoms with Crippen LogP contribution in [0.4, 0.5) is 0 Å². The Balaban J connectivity index is 3.02. The average molecular weight is 289 g/mol. The highest BCUT2D eigenvalue weighted by molar-refractivity contribution is 7.89. The van der Waals surface area contributed by atoms with Crippen molar-refractivity contribution in [3.8, 4) is 0 Å². The summed E-state index contributed by atoms with van der Waals surface area (Å²) in [5.41, 5.74) is 0. The first-order valence-electron chi connectivity index (χ1n) is 6.06. The van der Waals surface area contributed by atoms with E-state index in [0.717, 1.165) is 4.31 Å². The molecule has 0 aliphatic rings. The van der Waals surface area contributed by atoms with Gasteiger partial charge in [-0.1, -0.05) is 6.92 Å². The van der Waals surface area contributed by atoms with Gasteiger partial charge in [0.1, 0.15) is 5.82 Å². The zero-order valence-electron chi connectivity index (χ0n) is 11.3. The van der Waals surface area contributed by atoms with Gasteiger partial charge in [-0.25, -0.2) is 13.4 Å². The largest absolute Gasteiger partial charge is 0.481 e. The number of nitrogens with zero attached hydrogens (tertiary/aromatic N) is 2. The monoisotopic (exact) mass is 289 g/mol. The Morgan fingerprint density at radius 1 is 1.53 bits per heavy atom. The second-order valence-electron chi connectivity index (χ2n) is 4.40. The number of sulfonamides is 1. The maximum absolute atomic E-state index is 12.4. The molecule has 0 fully saturated rings. The SMILES string of the molecule is CCc1ncc(S(=O)(=O)N(CCC(=O)O)C(C)C)[nH]1. The van der Waals surface area contributed by atoms with Gasteiger partial charge in [-0.15, -0.1) is 0 Å². The number of rotatable bonds is 7. The number of carboxylic acids is 1. The molecule has 0 amide bonds. The molecular formula is C11H19N3O4S. The van der Waals surface area contributed by atoms with Crippen LogP contribution in [0, 0.1) is 0 Å². The number of aromatic amines is 1. The molecule has 1 aromatic heterocycles. The molecule has 0 aliphatic carbocycles. The fourth-order valence-electron chi connectivity index (χ4n) is 1.64. The number of carbonyl (C=O) groups is 1. The molecule has 1 aromatic rings. The van der Waals surface area contributed by atoms with Crippen molar-refractivity contribution in [3.63, 3.8) is 0 Å². The molecule has 0 atom stereocenters. The van der Waals surface area contributed by atoms with Crippen LogP contribution in [-0.4, -0.2) is 46.4 Å². The minimum Gasteiger partial charge on any atom is -0.481 e. The summed E-state index contributed by atoms with van der Waals surface area (Å²) in [5, 5.41) is 8.68. The van der Waals surface area contributed by atoms with Crippen molar-refractivity contribution >= 4 is 16.0 Å². The number of aryl methyl sites for hydroxylation is 1. The molecule has 7 nitrogen and oxygen atoms in total. The second kappa shape index (κ2) is 6.16. The lowest BCUT2D eigenvalue weighted by Crippen LogP contribution is -2.38. The van der Waals surface area contributed by atoms with E-state index in [4.69, 9.17) is 5.11 Å². The van der Waals surface area contributed by atoms with Crippen molar-refractivity contribution in [3.05, 3.63) is 12.0 Å². The summed E-state index contributed by atoms with van der Waals surface area (Å²) in [7, 11) is -3.73. The quantitative estimate of drug-likeness (QED) is 0.774. The highest BCUT2D eigenvalue weighted by atomic mass is 32.2. The van der Waals surface area contributed by atoms with Crippen LogP contribution in [0.15, 0.2) is 11.2 Å². The first kappa shape index (κ1) is 15.6. The molecule has 108 valence electrons. The fraction of sp³-hybridized carbons (Fsp3) is 0.636. The van der Waals surface area contributed by atoms with Gasteiger partial charge in [0, 0.05) is 19.0 Å². The topological polar surface area (TPSA) is 103 Å². The van der Waals surface area contributed by atoms with E-state index in [2.05, 4.69) is 9.97 Å². The first-order chi connectivity index (χ1) is 8.78. The molecule has 0 spiro atoms. The summed E-state index contributed by atoms with van der Waals surface area (Å²) in [6, 6.07) is -0.322. The maximum Gasteiger partial charge on any atom is 0.304 e. The molecule has 1 rings (SSSR count). The summed E-state index contributed by atoms with van der Waals surface area (Å²) in [6.45, 7) is 5.21. The summed E-state index contributed by atoms with van der Waals surface area (Å²) in [6.07, 6.45) is 1.64. The molecule has 0 aliphatic heterocycles. The number of nitrogens with one attached hydrogen (secondary N) is 1. The lowest BCUT2D eigenvalue weighted by molar-refractivity contribution is -0.137. The van der Waals surface area contributed by atoms with Gasteiger partial charge in [0.05, 0.1) is 12.6 Å². The third-order valence-electron chi connectivity index (χ3n) is 2.65. The van der Waals surface area contributed by atoms with Crippen molar-refractivity contribution in [1.29, 1.82) is 0 Å². The van der Waals surface area contributed by atoms with Gasteiger partial charge in [-0.2, -0.15) is 4.31 Å². The maximum atomic E-state index is 12.4. The Kier molecular flexibility index (Phi) is 5.07. The average Bonchev–Trinajstić information content (AvgIpc) is 2.76. The van der Waals surface area contributed by atoms with E-state index in [-0.39, 0.29) is 24.0 Å². The molecule has 0 bridgehead atoms. The lowest BCUT2D eigenvalue weighted by Gasteiger charge is -2.24. The predicted octanol–water partition coefficient (Wildman–Crippen LogP) is 0.846. The Bertz CT molecular complexity index is 536. The molecular weight excluding hydrogens is 270 g/mol. The Hall–Kier alpha value is -1.41. The minimum atomic E-state index is -3.73. The molecule has 0 saturated carbocycles. The first-order valence-corrected chi connectivity index (χ1v) is 7.50. The van der Waals surface area contributed by atoms with Crippen LogP contribution in [0.5, 0.6) is 0 Å². The van der Waals surface area contributed by atoms with E-state index in [9.17, 15) is 13.2 Å². The van der Waals surface area contributed by atoms with Gasteiger partial charge >= 0.3 is 5.97 Å². The van der Waals surface area contributed by atoms with Crippen LogP contribution < -0.4 is 0 Å². The minimum absolute atomic E-state index is 0.00318. The van der Waals surface area contributed by atoms with Crippen LogP contribution in [-0.2, 0) is 21.2 Å². The zero-order chi connectivity index (χ0) is 14.6. The number of H-pyrrole nitrogens is 1. The molecule has 0 saturated heterocycles. The van der Waals surface area contributed by atoms with Crippen LogP contribution in [0.25, 0.3) is 0 Å². The van der Waals surface area contributed by atoms with Gasteiger partial charge in [-0.3, -0.25) is 4.79 Å². The van der Waals surface area contributed by atoms with Crippen molar-refractivity contribution < 1.29 is 18.3 Å². The van der Waals surface area contributed by atoms with E-state index in [1.165, 1.54) is 6.20 Å². The van der Waals surface area contributed by atoms with Crippen molar-refractivity contribution in [2.75, 3.05) is 6.54 Å². The fourth-order valence-corrected chi connectivity index (χ4v) is 3.21. The number of aliphatic carboxylic acids is 1. The molecule has 0 aromatic carbocycles. The summed E-state index contributed by atoms with van der Waals surface area (Å²) in [4.78, 5) is 17.3. The summed E-state index contributed by atoms with van der Waals surface area (Å²) >= 11 is 0. The number of imidazole rings is 1. The Morgan fingerprint density at radius 2 is 2.16 bits per heavy atom. The van der Waals surface area contributed by atoms with Crippen molar-refractivity contribution in [2.24, 2.45) is 0 Å². The van der Waals surface area contributed by atoms with Gasteiger partial charge in [0.15, 0.2) is 5.03 Å². The number of carboxylic acid groups (broad SMARTS) is 1. The number of hydrogen-bond donors (Lipinski definition) is 2. The molecule has 19 heavy (non-hydrogen) atoms. The van der Waals surface area contributed by atoms with E-state index < -0.39 is 16.0 Å². The zero-order valence-corrected chi connectivity index (χ0v) is 12.1. The lowest BCUT2D eigenvalue weighted by atomic mass is 10.3. The Morgan fingerprint density at radius 3 is 2.58 bits per heavy atom. The van der Waals surface area contributed by atoms with E-state index in [0.29, 0.717) is 12.2 Å². The highest BCUT2D eigenvalue weighted by Crippen LogP contribution is 2.17. The van der Waals surface area contributed by atoms with Crippen molar-refractivity contribution in [2.45, 2.75) is 44.7 Å². The van der Waals surface area contributed by atoms with Gasteiger partial charge in [-0.05, 0) is 13.8 Å².